The molecule has 0 fully saturated rings. The Bertz CT molecular complexity index is 320. The highest BCUT2D eigenvalue weighted by molar-refractivity contribution is 5.28. The molecule has 1 aromatic rings. The Labute approximate surface area is 90.9 Å². The molecule has 84 valence electrons. The van der Waals surface area contributed by atoms with Crippen LogP contribution in [-0.2, 0) is 0 Å². The van der Waals surface area contributed by atoms with E-state index in [0.29, 0.717) is 5.92 Å². The van der Waals surface area contributed by atoms with Crippen molar-refractivity contribution in [3.8, 4) is 0 Å². The molecule has 0 saturated carbocycles. The minimum atomic E-state index is -0.465. The second-order valence-corrected chi connectivity index (χ2v) is 4.49. The maximum atomic E-state index is 12.8. The monoisotopic (exact) mass is 210 g/mol. The topological polar surface area (TPSA) is 20.2 Å². The quantitative estimate of drug-likeness (QED) is 0.805. The maximum Gasteiger partial charge on any atom is 0.123 e. The van der Waals surface area contributed by atoms with E-state index in [2.05, 4.69) is 13.8 Å². The van der Waals surface area contributed by atoms with Crippen molar-refractivity contribution in [3.05, 3.63) is 35.1 Å². The van der Waals surface area contributed by atoms with Crippen molar-refractivity contribution in [1.29, 1.82) is 0 Å². The largest absolute Gasteiger partial charge is 0.388 e. The number of aryl methyl sites for hydroxylation is 1. The van der Waals surface area contributed by atoms with E-state index >= 15 is 0 Å². The molecule has 0 radical (unpaired) electrons. The highest BCUT2D eigenvalue weighted by Crippen LogP contribution is 2.24. The van der Waals surface area contributed by atoms with Crippen LogP contribution in [-0.4, -0.2) is 5.11 Å². The van der Waals surface area contributed by atoms with E-state index in [1.165, 1.54) is 12.1 Å². The molecule has 0 amide bonds. The Morgan fingerprint density at radius 2 is 1.93 bits per heavy atom. The van der Waals surface area contributed by atoms with Crippen LogP contribution < -0.4 is 0 Å². The fourth-order valence-electron chi connectivity index (χ4n) is 1.66. The SMILES string of the molecule is Cc1cc(F)ccc1C(O)CCC(C)C. The molecule has 1 atom stereocenters. The van der Waals surface area contributed by atoms with Gasteiger partial charge in [0, 0.05) is 0 Å². The van der Waals surface area contributed by atoms with E-state index in [-0.39, 0.29) is 5.82 Å². The molecule has 1 unspecified atom stereocenters. The van der Waals surface area contributed by atoms with Crippen LogP contribution in [0.2, 0.25) is 0 Å². The second kappa shape index (κ2) is 5.26. The molecule has 1 N–H and O–H groups in total. The van der Waals surface area contributed by atoms with E-state index in [9.17, 15) is 9.50 Å². The summed E-state index contributed by atoms with van der Waals surface area (Å²) in [6, 6.07) is 4.55. The van der Waals surface area contributed by atoms with Crippen molar-refractivity contribution in [2.45, 2.75) is 39.7 Å². The molecule has 0 aliphatic carbocycles. The molecular formula is C13H19FO. The first kappa shape index (κ1) is 12.2. The summed E-state index contributed by atoms with van der Waals surface area (Å²) in [5.74, 6) is 0.340. The molecule has 0 aliphatic rings. The van der Waals surface area contributed by atoms with Gasteiger partial charge in [0.25, 0.3) is 0 Å². The van der Waals surface area contributed by atoms with Crippen LogP contribution in [0.4, 0.5) is 4.39 Å². The minimum Gasteiger partial charge on any atom is -0.388 e. The Balaban J connectivity index is 2.69. The van der Waals surface area contributed by atoms with Crippen molar-refractivity contribution in [1.82, 2.24) is 0 Å². The average molecular weight is 210 g/mol. The van der Waals surface area contributed by atoms with Crippen LogP contribution >= 0.6 is 0 Å². The smallest absolute Gasteiger partial charge is 0.123 e. The predicted molar refractivity (Wildman–Crippen MR) is 60.2 cm³/mol. The summed E-state index contributed by atoms with van der Waals surface area (Å²) in [6.07, 6.45) is 1.26. The fraction of sp³-hybridized carbons (Fsp3) is 0.538. The molecule has 0 aromatic heterocycles. The summed E-state index contributed by atoms with van der Waals surface area (Å²) in [7, 11) is 0. The van der Waals surface area contributed by atoms with Crippen LogP contribution in [0.5, 0.6) is 0 Å². The van der Waals surface area contributed by atoms with Gasteiger partial charge >= 0.3 is 0 Å². The third-order valence-corrected chi connectivity index (χ3v) is 2.61. The van der Waals surface area contributed by atoms with Gasteiger partial charge in [-0.2, -0.15) is 0 Å². The van der Waals surface area contributed by atoms with Crippen molar-refractivity contribution in [3.63, 3.8) is 0 Å². The van der Waals surface area contributed by atoms with Crippen LogP contribution in [0.15, 0.2) is 18.2 Å². The Morgan fingerprint density at radius 3 is 2.47 bits per heavy atom. The number of hydrogen-bond donors (Lipinski definition) is 1. The van der Waals surface area contributed by atoms with Crippen LogP contribution in [0, 0.1) is 18.7 Å². The van der Waals surface area contributed by atoms with Gasteiger partial charge in [0.2, 0.25) is 0 Å². The van der Waals surface area contributed by atoms with Gasteiger partial charge in [0.1, 0.15) is 5.82 Å². The fourth-order valence-corrected chi connectivity index (χ4v) is 1.66. The van der Waals surface area contributed by atoms with E-state index in [1.807, 2.05) is 6.92 Å². The lowest BCUT2D eigenvalue weighted by molar-refractivity contribution is 0.158. The van der Waals surface area contributed by atoms with Gasteiger partial charge in [0.05, 0.1) is 6.10 Å². The van der Waals surface area contributed by atoms with Gasteiger partial charge in [0.15, 0.2) is 0 Å². The summed E-state index contributed by atoms with van der Waals surface area (Å²) >= 11 is 0. The lowest BCUT2D eigenvalue weighted by Gasteiger charge is -2.14. The molecule has 1 nitrogen and oxygen atoms in total. The lowest BCUT2D eigenvalue weighted by Crippen LogP contribution is -2.02. The number of benzene rings is 1. The zero-order chi connectivity index (χ0) is 11.4. The van der Waals surface area contributed by atoms with E-state index in [1.54, 1.807) is 6.07 Å². The van der Waals surface area contributed by atoms with E-state index in [0.717, 1.165) is 24.0 Å². The number of aliphatic hydroxyl groups excluding tert-OH is 1. The standard InChI is InChI=1S/C13H19FO/c1-9(2)4-7-13(15)12-6-5-11(14)8-10(12)3/h5-6,8-9,13,15H,4,7H2,1-3H3. The first-order valence-electron chi connectivity index (χ1n) is 5.45. The molecule has 15 heavy (non-hydrogen) atoms. The third kappa shape index (κ3) is 3.63. The molecule has 0 aliphatic heterocycles. The first-order valence-corrected chi connectivity index (χ1v) is 5.45. The third-order valence-electron chi connectivity index (χ3n) is 2.61. The minimum absolute atomic E-state index is 0.243. The zero-order valence-corrected chi connectivity index (χ0v) is 9.63. The number of aliphatic hydroxyl groups is 1. The number of halogens is 1. The van der Waals surface area contributed by atoms with Crippen molar-refractivity contribution in [2.75, 3.05) is 0 Å². The Morgan fingerprint density at radius 1 is 1.27 bits per heavy atom. The van der Waals surface area contributed by atoms with Crippen LogP contribution in [0.25, 0.3) is 0 Å². The molecule has 0 spiro atoms. The van der Waals surface area contributed by atoms with Gasteiger partial charge in [-0.3, -0.25) is 0 Å². The molecule has 0 heterocycles. The molecule has 2 heteroatoms. The summed E-state index contributed by atoms with van der Waals surface area (Å²) < 4.78 is 12.8. The van der Waals surface area contributed by atoms with Gasteiger partial charge in [-0.15, -0.1) is 0 Å². The van der Waals surface area contributed by atoms with Gasteiger partial charge < -0.3 is 5.11 Å². The van der Waals surface area contributed by atoms with E-state index < -0.39 is 6.10 Å². The molecule has 0 bridgehead atoms. The zero-order valence-electron chi connectivity index (χ0n) is 9.63. The lowest BCUT2D eigenvalue weighted by atomic mass is 9.97. The Kier molecular flexibility index (Phi) is 4.28. The molecule has 0 saturated heterocycles. The Hall–Kier alpha value is -0.890. The van der Waals surface area contributed by atoms with Gasteiger partial charge in [-0.05, 0) is 48.9 Å². The summed E-state index contributed by atoms with van der Waals surface area (Å²) in [5.41, 5.74) is 1.67. The number of rotatable bonds is 4. The summed E-state index contributed by atoms with van der Waals surface area (Å²) in [5, 5.41) is 9.92. The summed E-state index contributed by atoms with van der Waals surface area (Å²) in [4.78, 5) is 0. The van der Waals surface area contributed by atoms with Gasteiger partial charge in [-0.25, -0.2) is 4.39 Å². The molecular weight excluding hydrogens is 191 g/mol. The number of hydrogen-bond acceptors (Lipinski definition) is 1. The van der Waals surface area contributed by atoms with E-state index in [4.69, 9.17) is 0 Å². The van der Waals surface area contributed by atoms with Crippen LogP contribution in [0.3, 0.4) is 0 Å². The highest BCUT2D eigenvalue weighted by Gasteiger charge is 2.11. The van der Waals surface area contributed by atoms with Crippen molar-refractivity contribution in [2.24, 2.45) is 5.92 Å². The second-order valence-electron chi connectivity index (χ2n) is 4.49. The van der Waals surface area contributed by atoms with Crippen molar-refractivity contribution < 1.29 is 9.50 Å². The maximum absolute atomic E-state index is 12.8. The van der Waals surface area contributed by atoms with Crippen LogP contribution in [0.1, 0.15) is 43.9 Å². The van der Waals surface area contributed by atoms with Gasteiger partial charge in [-0.1, -0.05) is 19.9 Å². The average Bonchev–Trinajstić information content (AvgIpc) is 2.14. The normalized spacial score (nSPS) is 13.2. The highest BCUT2D eigenvalue weighted by atomic mass is 19.1. The summed E-state index contributed by atoms with van der Waals surface area (Å²) in [6.45, 7) is 6.09. The first-order chi connectivity index (χ1) is 7.00. The molecule has 1 rings (SSSR count). The van der Waals surface area contributed by atoms with Crippen molar-refractivity contribution >= 4 is 0 Å². The predicted octanol–water partition coefficient (Wildman–Crippen LogP) is 3.60. The molecule has 1 aromatic carbocycles.